The van der Waals surface area contributed by atoms with Crippen LogP contribution in [0.4, 0.5) is 10.5 Å². The van der Waals surface area contributed by atoms with Crippen molar-refractivity contribution in [3.63, 3.8) is 0 Å². The molecular formula is C17H27N3O3. The Morgan fingerprint density at radius 2 is 1.87 bits per heavy atom. The van der Waals surface area contributed by atoms with Gasteiger partial charge in [-0.1, -0.05) is 13.8 Å². The maximum Gasteiger partial charge on any atom is 0.322 e. The van der Waals surface area contributed by atoms with Crippen LogP contribution in [-0.2, 0) is 0 Å². The van der Waals surface area contributed by atoms with Crippen LogP contribution >= 0.6 is 0 Å². The zero-order valence-corrected chi connectivity index (χ0v) is 14.5. The Kier molecular flexibility index (Phi) is 6.10. The van der Waals surface area contributed by atoms with Gasteiger partial charge in [0.2, 0.25) is 0 Å². The molecule has 0 aromatic heterocycles. The van der Waals surface area contributed by atoms with Gasteiger partial charge in [0, 0.05) is 38.8 Å². The average molecular weight is 321 g/mol. The molecule has 0 unspecified atom stereocenters. The van der Waals surface area contributed by atoms with Crippen molar-refractivity contribution in [2.45, 2.75) is 13.8 Å². The first kappa shape index (κ1) is 17.4. The topological polar surface area (TPSA) is 54.0 Å². The first-order chi connectivity index (χ1) is 11.0. The van der Waals surface area contributed by atoms with E-state index in [1.807, 2.05) is 4.90 Å². The molecule has 1 aromatic rings. The molecule has 6 heteroatoms. The third-order valence-corrected chi connectivity index (χ3v) is 3.93. The van der Waals surface area contributed by atoms with Crippen molar-refractivity contribution in [3.05, 3.63) is 18.2 Å². The summed E-state index contributed by atoms with van der Waals surface area (Å²) in [5.74, 6) is 1.94. The molecule has 6 nitrogen and oxygen atoms in total. The van der Waals surface area contributed by atoms with Crippen molar-refractivity contribution >= 4 is 11.7 Å². The predicted molar refractivity (Wildman–Crippen MR) is 91.4 cm³/mol. The number of methoxy groups -OCH3 is 2. The minimum Gasteiger partial charge on any atom is -0.497 e. The molecule has 0 spiro atoms. The Hall–Kier alpha value is -1.95. The number of hydrogen-bond acceptors (Lipinski definition) is 4. The number of piperazine rings is 1. The molecule has 1 saturated heterocycles. The van der Waals surface area contributed by atoms with E-state index in [1.165, 1.54) is 0 Å². The molecule has 1 N–H and O–H groups in total. The molecular weight excluding hydrogens is 294 g/mol. The number of hydrogen-bond donors (Lipinski definition) is 1. The third kappa shape index (κ3) is 4.76. The van der Waals surface area contributed by atoms with Gasteiger partial charge in [-0.3, -0.25) is 4.90 Å². The first-order valence-electron chi connectivity index (χ1n) is 8.03. The van der Waals surface area contributed by atoms with Crippen LogP contribution in [0.1, 0.15) is 13.8 Å². The van der Waals surface area contributed by atoms with E-state index in [0.717, 1.165) is 32.7 Å². The highest BCUT2D eigenvalue weighted by atomic mass is 16.5. The van der Waals surface area contributed by atoms with Gasteiger partial charge in [-0.05, 0) is 18.1 Å². The number of nitrogens with one attached hydrogen (secondary N) is 1. The lowest BCUT2D eigenvalue weighted by atomic mass is 10.2. The average Bonchev–Trinajstić information content (AvgIpc) is 2.55. The lowest BCUT2D eigenvalue weighted by Gasteiger charge is -2.35. The molecule has 0 bridgehead atoms. The number of carbonyl (C=O) groups is 1. The molecule has 1 heterocycles. The molecule has 2 rings (SSSR count). The van der Waals surface area contributed by atoms with Gasteiger partial charge in [-0.2, -0.15) is 0 Å². The van der Waals surface area contributed by atoms with Crippen LogP contribution in [0.5, 0.6) is 11.5 Å². The number of rotatable bonds is 5. The minimum absolute atomic E-state index is 0.0855. The van der Waals surface area contributed by atoms with Crippen molar-refractivity contribution in [1.29, 1.82) is 0 Å². The number of amides is 2. The van der Waals surface area contributed by atoms with Crippen LogP contribution in [0.2, 0.25) is 0 Å². The standard InChI is InChI=1S/C17H27N3O3/c1-13(2)12-19-7-9-20(10-8-19)17(21)18-15-6-5-14(22-3)11-16(15)23-4/h5-6,11,13H,7-10,12H2,1-4H3,(H,18,21). The summed E-state index contributed by atoms with van der Waals surface area (Å²) < 4.78 is 10.5. The molecule has 1 aromatic carbocycles. The molecule has 0 radical (unpaired) electrons. The van der Waals surface area contributed by atoms with Gasteiger partial charge in [-0.25, -0.2) is 4.79 Å². The van der Waals surface area contributed by atoms with Gasteiger partial charge in [0.05, 0.1) is 19.9 Å². The van der Waals surface area contributed by atoms with Crippen molar-refractivity contribution in [3.8, 4) is 11.5 Å². The minimum atomic E-state index is -0.0855. The third-order valence-electron chi connectivity index (χ3n) is 3.93. The fraction of sp³-hybridized carbons (Fsp3) is 0.588. The van der Waals surface area contributed by atoms with Crippen LogP contribution in [0.25, 0.3) is 0 Å². The Morgan fingerprint density at radius 1 is 1.17 bits per heavy atom. The van der Waals surface area contributed by atoms with Crippen LogP contribution in [-0.4, -0.2) is 62.8 Å². The summed E-state index contributed by atoms with van der Waals surface area (Å²) in [5, 5.41) is 2.93. The zero-order chi connectivity index (χ0) is 16.8. The Labute approximate surface area is 138 Å². The van der Waals surface area contributed by atoms with Crippen LogP contribution in [0, 0.1) is 5.92 Å². The molecule has 0 aliphatic carbocycles. The second kappa shape index (κ2) is 8.06. The number of carbonyl (C=O) groups excluding carboxylic acids is 1. The molecule has 0 atom stereocenters. The van der Waals surface area contributed by atoms with E-state index in [-0.39, 0.29) is 6.03 Å². The first-order valence-corrected chi connectivity index (χ1v) is 8.03. The van der Waals surface area contributed by atoms with Gasteiger partial charge < -0.3 is 19.7 Å². The van der Waals surface area contributed by atoms with E-state index in [0.29, 0.717) is 23.1 Å². The zero-order valence-electron chi connectivity index (χ0n) is 14.5. The lowest BCUT2D eigenvalue weighted by Crippen LogP contribution is -2.50. The van der Waals surface area contributed by atoms with Crippen LogP contribution < -0.4 is 14.8 Å². The molecule has 0 saturated carbocycles. The largest absolute Gasteiger partial charge is 0.497 e. The van der Waals surface area contributed by atoms with Gasteiger partial charge in [0.25, 0.3) is 0 Å². The summed E-state index contributed by atoms with van der Waals surface area (Å²) in [6, 6.07) is 5.28. The molecule has 1 aliphatic heterocycles. The van der Waals surface area contributed by atoms with E-state index in [2.05, 4.69) is 24.1 Å². The summed E-state index contributed by atoms with van der Waals surface area (Å²) in [6.45, 7) is 8.86. The maximum atomic E-state index is 12.4. The monoisotopic (exact) mass is 321 g/mol. The molecule has 23 heavy (non-hydrogen) atoms. The van der Waals surface area contributed by atoms with E-state index in [9.17, 15) is 4.79 Å². The highest BCUT2D eigenvalue weighted by Gasteiger charge is 2.22. The molecule has 1 aliphatic rings. The molecule has 128 valence electrons. The van der Waals surface area contributed by atoms with E-state index in [4.69, 9.17) is 9.47 Å². The highest BCUT2D eigenvalue weighted by Crippen LogP contribution is 2.29. The van der Waals surface area contributed by atoms with Crippen molar-refractivity contribution < 1.29 is 14.3 Å². The fourth-order valence-electron chi connectivity index (χ4n) is 2.75. The van der Waals surface area contributed by atoms with Gasteiger partial charge in [0.1, 0.15) is 11.5 Å². The summed E-state index contributed by atoms with van der Waals surface area (Å²) >= 11 is 0. The molecule has 1 fully saturated rings. The number of benzene rings is 1. The van der Waals surface area contributed by atoms with Gasteiger partial charge in [0.15, 0.2) is 0 Å². The van der Waals surface area contributed by atoms with E-state index < -0.39 is 0 Å². The quantitative estimate of drug-likeness (QED) is 0.905. The van der Waals surface area contributed by atoms with Crippen molar-refractivity contribution in [2.75, 3.05) is 52.3 Å². The summed E-state index contributed by atoms with van der Waals surface area (Å²) in [4.78, 5) is 16.7. The fourth-order valence-corrected chi connectivity index (χ4v) is 2.75. The van der Waals surface area contributed by atoms with Gasteiger partial charge >= 0.3 is 6.03 Å². The molecule has 2 amide bonds. The second-order valence-corrected chi connectivity index (χ2v) is 6.18. The Balaban J connectivity index is 1.93. The normalized spacial score (nSPS) is 15.6. The summed E-state index contributed by atoms with van der Waals surface area (Å²) in [5.41, 5.74) is 0.655. The smallest absolute Gasteiger partial charge is 0.322 e. The predicted octanol–water partition coefficient (Wildman–Crippen LogP) is 2.51. The van der Waals surface area contributed by atoms with E-state index in [1.54, 1.807) is 32.4 Å². The number of nitrogens with zero attached hydrogens (tertiary/aromatic N) is 2. The highest BCUT2D eigenvalue weighted by molar-refractivity contribution is 5.91. The Bertz CT molecular complexity index is 526. The van der Waals surface area contributed by atoms with Crippen molar-refractivity contribution in [2.24, 2.45) is 5.92 Å². The SMILES string of the molecule is COc1ccc(NC(=O)N2CCN(CC(C)C)CC2)c(OC)c1. The maximum absolute atomic E-state index is 12.4. The second-order valence-electron chi connectivity index (χ2n) is 6.18. The number of anilines is 1. The van der Waals surface area contributed by atoms with Crippen LogP contribution in [0.3, 0.4) is 0 Å². The lowest BCUT2D eigenvalue weighted by molar-refractivity contribution is 0.138. The number of urea groups is 1. The summed E-state index contributed by atoms with van der Waals surface area (Å²) in [7, 11) is 3.18. The summed E-state index contributed by atoms with van der Waals surface area (Å²) in [6.07, 6.45) is 0. The van der Waals surface area contributed by atoms with Gasteiger partial charge in [-0.15, -0.1) is 0 Å². The van der Waals surface area contributed by atoms with Crippen LogP contribution in [0.15, 0.2) is 18.2 Å². The van der Waals surface area contributed by atoms with Crippen molar-refractivity contribution in [1.82, 2.24) is 9.80 Å². The number of ether oxygens (including phenoxy) is 2. The Morgan fingerprint density at radius 3 is 2.43 bits per heavy atom. The van der Waals surface area contributed by atoms with E-state index >= 15 is 0 Å².